The molecule has 0 saturated heterocycles. The fourth-order valence-corrected chi connectivity index (χ4v) is 4.65. The van der Waals surface area contributed by atoms with Crippen molar-refractivity contribution >= 4 is 34.6 Å². The molecule has 1 N–H and O–H groups in total. The molecule has 5 aromatic rings. The van der Waals surface area contributed by atoms with Crippen LogP contribution >= 0.6 is 0 Å². The molecule has 0 aliphatic rings. The molecule has 2 aromatic carbocycles. The van der Waals surface area contributed by atoms with Crippen LogP contribution in [0.15, 0.2) is 95.8 Å². The van der Waals surface area contributed by atoms with E-state index in [0.717, 1.165) is 27.9 Å². The zero-order valence-electron chi connectivity index (χ0n) is 22.0. The second-order valence-corrected chi connectivity index (χ2v) is 8.84. The summed E-state index contributed by atoms with van der Waals surface area (Å²) in [5.41, 5.74) is 4.18. The first-order valence-corrected chi connectivity index (χ1v) is 12.5. The van der Waals surface area contributed by atoms with Gasteiger partial charge in [-0.25, -0.2) is 9.97 Å². The van der Waals surface area contributed by atoms with Gasteiger partial charge in [0.25, 0.3) is 5.56 Å². The van der Waals surface area contributed by atoms with Gasteiger partial charge >= 0.3 is 0 Å². The highest BCUT2D eigenvalue weighted by Crippen LogP contribution is 2.33. The lowest BCUT2D eigenvalue weighted by Gasteiger charge is -2.22. The molecule has 0 radical (unpaired) electrons. The number of aliphatic imine (C=N–C) groups is 1. The van der Waals surface area contributed by atoms with Gasteiger partial charge in [0.1, 0.15) is 17.8 Å². The Morgan fingerprint density at radius 3 is 2.64 bits per heavy atom. The normalized spacial score (nSPS) is 12.0. The summed E-state index contributed by atoms with van der Waals surface area (Å²) in [5, 5.41) is 4.86. The minimum absolute atomic E-state index is 0.137. The van der Waals surface area contributed by atoms with Crippen molar-refractivity contribution < 1.29 is 4.74 Å². The van der Waals surface area contributed by atoms with E-state index in [1.807, 2.05) is 74.5 Å². The first-order chi connectivity index (χ1) is 19.0. The molecule has 39 heavy (non-hydrogen) atoms. The van der Waals surface area contributed by atoms with Crippen LogP contribution in [-0.4, -0.2) is 32.8 Å². The number of aromatic nitrogens is 4. The standard InChI is InChI=1S/C31H28N6O2/c1-5-26-29(33-6-2)30(35-19-34-26)36-20(3)27-16-21-11-10-14-25(22-15-24(39-4)18-32-17-22)28(21)31(38)37(27)23-12-8-7-9-13-23/h5-20H,1H2,2-4H3,(H,34,35,36)/t20-/m0/s1. The molecule has 0 aliphatic heterocycles. The first-order valence-electron chi connectivity index (χ1n) is 12.5. The Bertz CT molecular complexity index is 1740. The van der Waals surface area contributed by atoms with E-state index >= 15 is 0 Å². The molecule has 1 atom stereocenters. The van der Waals surface area contributed by atoms with Crippen molar-refractivity contribution in [3.05, 3.63) is 108 Å². The molecule has 3 aromatic heterocycles. The molecule has 0 bridgehead atoms. The maximum atomic E-state index is 14.3. The van der Waals surface area contributed by atoms with Gasteiger partial charge < -0.3 is 10.1 Å². The van der Waals surface area contributed by atoms with Crippen molar-refractivity contribution in [2.45, 2.75) is 19.9 Å². The zero-order chi connectivity index (χ0) is 27.4. The van der Waals surface area contributed by atoms with Crippen molar-refractivity contribution in [1.82, 2.24) is 19.5 Å². The van der Waals surface area contributed by atoms with Crippen LogP contribution in [0.5, 0.6) is 5.75 Å². The summed E-state index contributed by atoms with van der Waals surface area (Å²) in [6.07, 6.45) is 8.19. The fraction of sp³-hybridized carbons (Fsp3) is 0.129. The number of methoxy groups -OCH3 is 1. The molecule has 3 heterocycles. The average Bonchev–Trinajstić information content (AvgIpc) is 2.98. The molecule has 194 valence electrons. The molecule has 0 saturated carbocycles. The van der Waals surface area contributed by atoms with Crippen molar-refractivity contribution in [2.75, 3.05) is 12.4 Å². The van der Waals surface area contributed by atoms with E-state index in [-0.39, 0.29) is 11.6 Å². The number of para-hydroxylation sites is 1. The Morgan fingerprint density at radius 2 is 1.90 bits per heavy atom. The van der Waals surface area contributed by atoms with Gasteiger partial charge in [0, 0.05) is 29.4 Å². The molecule has 8 heteroatoms. The Morgan fingerprint density at radius 1 is 1.08 bits per heavy atom. The molecule has 8 nitrogen and oxygen atoms in total. The summed E-state index contributed by atoms with van der Waals surface area (Å²) < 4.78 is 7.13. The molecular weight excluding hydrogens is 488 g/mol. The van der Waals surface area contributed by atoms with Crippen LogP contribution < -0.4 is 15.6 Å². The number of nitrogens with one attached hydrogen (secondary N) is 1. The third-order valence-corrected chi connectivity index (χ3v) is 6.45. The smallest absolute Gasteiger partial charge is 0.263 e. The number of nitrogens with zero attached hydrogens (tertiary/aromatic N) is 5. The quantitative estimate of drug-likeness (QED) is 0.240. The molecule has 0 amide bonds. The zero-order valence-corrected chi connectivity index (χ0v) is 22.0. The minimum atomic E-state index is -0.317. The van der Waals surface area contributed by atoms with Gasteiger partial charge in [0.2, 0.25) is 0 Å². The lowest BCUT2D eigenvalue weighted by Crippen LogP contribution is -2.26. The highest BCUT2D eigenvalue weighted by Gasteiger charge is 2.20. The van der Waals surface area contributed by atoms with Crippen LogP contribution in [0.25, 0.3) is 33.7 Å². The molecule has 0 spiro atoms. The number of ether oxygens (including phenoxy) is 1. The second-order valence-electron chi connectivity index (χ2n) is 8.84. The predicted molar refractivity (Wildman–Crippen MR) is 157 cm³/mol. The van der Waals surface area contributed by atoms with E-state index in [1.54, 1.807) is 36.4 Å². The molecule has 0 fully saturated rings. The number of anilines is 1. The van der Waals surface area contributed by atoms with Crippen LogP contribution in [0.2, 0.25) is 0 Å². The maximum Gasteiger partial charge on any atom is 0.263 e. The number of hydrogen-bond acceptors (Lipinski definition) is 7. The van der Waals surface area contributed by atoms with E-state index in [2.05, 4.69) is 31.8 Å². The van der Waals surface area contributed by atoms with Gasteiger partial charge in [-0.3, -0.25) is 19.3 Å². The summed E-state index contributed by atoms with van der Waals surface area (Å²) in [5.74, 6) is 1.17. The summed E-state index contributed by atoms with van der Waals surface area (Å²) >= 11 is 0. The maximum absolute atomic E-state index is 14.3. The molecule has 5 rings (SSSR count). The van der Waals surface area contributed by atoms with Crippen molar-refractivity contribution in [3.63, 3.8) is 0 Å². The number of benzene rings is 2. The third kappa shape index (κ3) is 4.92. The van der Waals surface area contributed by atoms with E-state index in [0.29, 0.717) is 28.3 Å². The third-order valence-electron chi connectivity index (χ3n) is 6.45. The Labute approximate surface area is 226 Å². The van der Waals surface area contributed by atoms with E-state index in [4.69, 9.17) is 4.74 Å². The van der Waals surface area contributed by atoms with Crippen LogP contribution in [-0.2, 0) is 0 Å². The van der Waals surface area contributed by atoms with Gasteiger partial charge in [-0.1, -0.05) is 43.0 Å². The van der Waals surface area contributed by atoms with Crippen molar-refractivity contribution in [2.24, 2.45) is 4.99 Å². The largest absolute Gasteiger partial charge is 0.495 e. The van der Waals surface area contributed by atoms with E-state index in [9.17, 15) is 4.79 Å². The highest BCUT2D eigenvalue weighted by molar-refractivity contribution is 5.96. The SMILES string of the molecule is C=Cc1ncnc(N[C@@H](C)c2cc3cccc(-c4cncc(OC)c4)c3c(=O)n2-c2ccccc2)c1N=CC. The number of rotatable bonds is 8. The number of fused-ring (bicyclic) bond motifs is 1. The average molecular weight is 517 g/mol. The van der Waals surface area contributed by atoms with Crippen LogP contribution in [0, 0.1) is 0 Å². The van der Waals surface area contributed by atoms with Crippen molar-refractivity contribution in [3.8, 4) is 22.6 Å². The first kappa shape index (κ1) is 25.5. The lowest BCUT2D eigenvalue weighted by molar-refractivity contribution is 0.413. The van der Waals surface area contributed by atoms with E-state index in [1.165, 1.54) is 6.33 Å². The summed E-state index contributed by atoms with van der Waals surface area (Å²) in [7, 11) is 1.60. The minimum Gasteiger partial charge on any atom is -0.495 e. The Hall–Kier alpha value is -5.11. The van der Waals surface area contributed by atoms with Gasteiger partial charge in [-0.15, -0.1) is 0 Å². The number of hydrogen-bond donors (Lipinski definition) is 1. The summed E-state index contributed by atoms with van der Waals surface area (Å²) in [6, 6.07) is 19.0. The van der Waals surface area contributed by atoms with Gasteiger partial charge in [-0.2, -0.15) is 0 Å². The highest BCUT2D eigenvalue weighted by atomic mass is 16.5. The van der Waals surface area contributed by atoms with Gasteiger partial charge in [0.15, 0.2) is 5.82 Å². The van der Waals surface area contributed by atoms with E-state index < -0.39 is 0 Å². The lowest BCUT2D eigenvalue weighted by atomic mass is 9.98. The fourth-order valence-electron chi connectivity index (χ4n) is 4.65. The van der Waals surface area contributed by atoms with Crippen LogP contribution in [0.4, 0.5) is 11.5 Å². The summed E-state index contributed by atoms with van der Waals surface area (Å²) in [6.45, 7) is 7.67. The molecular formula is C31H28N6O2. The Balaban J connectivity index is 1.73. The Kier molecular flexibility index (Phi) is 7.27. The van der Waals surface area contributed by atoms with Gasteiger partial charge in [-0.05, 0) is 55.1 Å². The van der Waals surface area contributed by atoms with Crippen LogP contribution in [0.1, 0.15) is 31.3 Å². The topological polar surface area (TPSA) is 94.3 Å². The predicted octanol–water partition coefficient (Wildman–Crippen LogP) is 6.39. The second kappa shape index (κ2) is 11.1. The van der Waals surface area contributed by atoms with Crippen molar-refractivity contribution in [1.29, 1.82) is 0 Å². The summed E-state index contributed by atoms with van der Waals surface area (Å²) in [4.78, 5) is 31.8. The van der Waals surface area contributed by atoms with Crippen LogP contribution in [0.3, 0.4) is 0 Å². The molecule has 0 aliphatic carbocycles. The monoisotopic (exact) mass is 516 g/mol. The van der Waals surface area contributed by atoms with Gasteiger partial charge in [0.05, 0.1) is 30.4 Å². The molecule has 0 unspecified atom stereocenters. The number of pyridine rings is 2.